The third-order valence-electron chi connectivity index (χ3n) is 6.20. The van der Waals surface area contributed by atoms with E-state index < -0.39 is 18.7 Å². The van der Waals surface area contributed by atoms with Crippen molar-refractivity contribution in [2.75, 3.05) is 0 Å². The summed E-state index contributed by atoms with van der Waals surface area (Å²) in [5, 5.41) is 23.7. The van der Waals surface area contributed by atoms with Crippen LogP contribution in [-0.4, -0.2) is 29.0 Å². The maximum atomic E-state index is 13.3. The smallest absolute Gasteiger partial charge is 0.464 e. The molecule has 6 nitrogen and oxygen atoms in total. The fourth-order valence-corrected chi connectivity index (χ4v) is 4.71. The van der Waals surface area contributed by atoms with Gasteiger partial charge in [-0.3, -0.25) is 4.79 Å². The number of nitrogens with one attached hydrogen (secondary N) is 1. The number of fused-ring (bicyclic) bond motifs is 6. The van der Waals surface area contributed by atoms with Crippen molar-refractivity contribution in [1.82, 2.24) is 5.32 Å². The zero-order valence-corrected chi connectivity index (χ0v) is 16.1. The predicted molar refractivity (Wildman–Crippen MR) is 108 cm³/mol. The van der Waals surface area contributed by atoms with Crippen LogP contribution in [0.15, 0.2) is 53.1 Å². The Bertz CT molecular complexity index is 1090. The van der Waals surface area contributed by atoms with Gasteiger partial charge in [-0.1, -0.05) is 42.5 Å². The number of para-hydroxylation sites is 1. The van der Waals surface area contributed by atoms with Crippen LogP contribution in [-0.2, 0) is 21.6 Å². The molecule has 5 rings (SSSR count). The van der Waals surface area contributed by atoms with Crippen LogP contribution in [0, 0.1) is 6.92 Å². The molecule has 1 saturated heterocycles. The summed E-state index contributed by atoms with van der Waals surface area (Å²) in [7, 11) is -1.71. The van der Waals surface area contributed by atoms with Crippen molar-refractivity contribution in [3.05, 3.63) is 71.0 Å². The Balaban J connectivity index is 1.42. The number of carbonyl (C=O) groups is 1. The first-order chi connectivity index (χ1) is 14.0. The van der Waals surface area contributed by atoms with Crippen molar-refractivity contribution in [3.63, 3.8) is 0 Å². The number of hydrogen-bond donors (Lipinski definition) is 3. The number of ether oxygens (including phenoxy) is 1. The maximum Gasteiger partial charge on any atom is 0.475 e. The number of rotatable bonds is 5. The molecule has 7 heteroatoms. The van der Waals surface area contributed by atoms with E-state index in [0.717, 1.165) is 39.6 Å². The molecule has 0 aliphatic carbocycles. The SMILES string of the molecule is Cc1cccc2c(C[C@H](NC(=O)[C@@]34CC[C@@H](O3)c3ccccc34)B(O)O)coc12. The zero-order valence-electron chi connectivity index (χ0n) is 16.1. The van der Waals surface area contributed by atoms with E-state index in [-0.39, 0.29) is 18.4 Å². The van der Waals surface area contributed by atoms with E-state index in [9.17, 15) is 14.8 Å². The second-order valence-electron chi connectivity index (χ2n) is 7.97. The molecule has 1 aromatic heterocycles. The van der Waals surface area contributed by atoms with Gasteiger partial charge >= 0.3 is 7.12 Å². The Kier molecular flexibility index (Phi) is 4.27. The summed E-state index contributed by atoms with van der Waals surface area (Å²) < 4.78 is 11.8. The summed E-state index contributed by atoms with van der Waals surface area (Å²) in [6.07, 6.45) is 3.14. The van der Waals surface area contributed by atoms with Gasteiger partial charge < -0.3 is 24.5 Å². The first-order valence-electron chi connectivity index (χ1n) is 9.89. The van der Waals surface area contributed by atoms with Crippen LogP contribution >= 0.6 is 0 Å². The highest BCUT2D eigenvalue weighted by molar-refractivity contribution is 6.43. The second-order valence-corrected chi connectivity index (χ2v) is 7.97. The number of aryl methyl sites for hydroxylation is 1. The van der Waals surface area contributed by atoms with Crippen LogP contribution in [0.3, 0.4) is 0 Å². The van der Waals surface area contributed by atoms with Crippen molar-refractivity contribution < 1.29 is 24.0 Å². The van der Waals surface area contributed by atoms with Gasteiger partial charge in [0.1, 0.15) is 5.58 Å². The van der Waals surface area contributed by atoms with Crippen molar-refractivity contribution in [1.29, 1.82) is 0 Å². The normalized spacial score (nSPS) is 23.2. The van der Waals surface area contributed by atoms with Crippen LogP contribution in [0.1, 0.15) is 41.2 Å². The maximum absolute atomic E-state index is 13.3. The van der Waals surface area contributed by atoms with Gasteiger partial charge in [0.05, 0.1) is 18.3 Å². The Morgan fingerprint density at radius 3 is 2.93 bits per heavy atom. The molecule has 2 aromatic carbocycles. The molecule has 2 bridgehead atoms. The van der Waals surface area contributed by atoms with Gasteiger partial charge in [0.2, 0.25) is 0 Å². The minimum Gasteiger partial charge on any atom is -0.464 e. The average Bonchev–Trinajstić information content (AvgIpc) is 3.41. The van der Waals surface area contributed by atoms with Crippen LogP contribution < -0.4 is 5.32 Å². The minimum atomic E-state index is -1.71. The third-order valence-corrected chi connectivity index (χ3v) is 6.20. The van der Waals surface area contributed by atoms with E-state index in [4.69, 9.17) is 9.15 Å². The first-order valence-corrected chi connectivity index (χ1v) is 9.89. The highest BCUT2D eigenvalue weighted by atomic mass is 16.5. The summed E-state index contributed by atoms with van der Waals surface area (Å²) in [4.78, 5) is 13.3. The van der Waals surface area contributed by atoms with Crippen molar-refractivity contribution in [2.24, 2.45) is 0 Å². The standard InChI is InChI=1S/C22H22BNO5/c1-13-5-4-7-15-14(12-28-20(13)15)11-19(23(26)27)24-21(25)22-10-9-18(29-22)16-6-2-3-8-17(16)22/h2-8,12,18-19,26-27H,9-11H2,1H3,(H,24,25)/t18-,19+,22+/m1/s1. The monoisotopic (exact) mass is 391 g/mol. The molecule has 2 aliphatic rings. The molecule has 0 saturated carbocycles. The average molecular weight is 391 g/mol. The molecule has 0 spiro atoms. The van der Waals surface area contributed by atoms with E-state index in [1.807, 2.05) is 49.4 Å². The fourth-order valence-electron chi connectivity index (χ4n) is 4.71. The van der Waals surface area contributed by atoms with Gasteiger partial charge in [-0.2, -0.15) is 0 Å². The van der Waals surface area contributed by atoms with Crippen molar-refractivity contribution in [3.8, 4) is 0 Å². The summed E-state index contributed by atoms with van der Waals surface area (Å²) in [6, 6.07) is 13.6. The molecule has 3 heterocycles. The van der Waals surface area contributed by atoms with Gasteiger partial charge in [-0.05, 0) is 48.4 Å². The molecule has 0 radical (unpaired) electrons. The van der Waals surface area contributed by atoms with Crippen LogP contribution in [0.2, 0.25) is 0 Å². The van der Waals surface area contributed by atoms with E-state index >= 15 is 0 Å². The highest BCUT2D eigenvalue weighted by Crippen LogP contribution is 2.54. The fraction of sp³-hybridized carbons (Fsp3) is 0.318. The van der Waals surface area contributed by atoms with Gasteiger partial charge in [0, 0.05) is 5.39 Å². The first kappa shape index (κ1) is 18.4. The summed E-state index contributed by atoms with van der Waals surface area (Å²) >= 11 is 0. The lowest BCUT2D eigenvalue weighted by molar-refractivity contribution is -0.144. The Labute approximate surface area is 168 Å². The third kappa shape index (κ3) is 2.80. The summed E-state index contributed by atoms with van der Waals surface area (Å²) in [5.41, 5.74) is 3.46. The van der Waals surface area contributed by atoms with Gasteiger partial charge in [0.25, 0.3) is 5.91 Å². The van der Waals surface area contributed by atoms with Crippen LogP contribution in [0.4, 0.5) is 0 Å². The van der Waals surface area contributed by atoms with E-state index in [2.05, 4.69) is 5.32 Å². The number of benzene rings is 2. The Morgan fingerprint density at radius 1 is 1.28 bits per heavy atom. The van der Waals surface area contributed by atoms with Gasteiger partial charge in [-0.25, -0.2) is 0 Å². The Morgan fingerprint density at radius 2 is 2.10 bits per heavy atom. The molecule has 148 valence electrons. The topological polar surface area (TPSA) is 91.9 Å². The second kappa shape index (κ2) is 6.73. The molecule has 3 atom stereocenters. The Hall–Kier alpha value is -2.61. The van der Waals surface area contributed by atoms with Crippen molar-refractivity contribution in [2.45, 2.75) is 43.8 Å². The van der Waals surface area contributed by atoms with E-state index in [1.54, 1.807) is 6.26 Å². The molecule has 0 unspecified atom stereocenters. The van der Waals surface area contributed by atoms with Crippen LogP contribution in [0.25, 0.3) is 11.0 Å². The molecule has 29 heavy (non-hydrogen) atoms. The van der Waals surface area contributed by atoms with Gasteiger partial charge in [0.15, 0.2) is 5.60 Å². The van der Waals surface area contributed by atoms with E-state index in [0.29, 0.717) is 6.42 Å². The molecule has 2 aliphatic heterocycles. The molecule has 3 N–H and O–H groups in total. The number of hydrogen-bond acceptors (Lipinski definition) is 5. The molecule has 1 amide bonds. The van der Waals surface area contributed by atoms with Crippen LogP contribution in [0.5, 0.6) is 0 Å². The minimum absolute atomic E-state index is 0.0738. The lowest BCUT2D eigenvalue weighted by Gasteiger charge is -2.28. The zero-order chi connectivity index (χ0) is 20.2. The molecule has 1 fully saturated rings. The quantitative estimate of drug-likeness (QED) is 0.582. The molecule has 3 aromatic rings. The summed E-state index contributed by atoms with van der Waals surface area (Å²) in [5.74, 6) is -1.21. The molecular formula is C22H22BNO5. The van der Waals surface area contributed by atoms with E-state index in [1.165, 1.54) is 0 Å². The number of furan rings is 1. The summed E-state index contributed by atoms with van der Waals surface area (Å²) in [6.45, 7) is 1.96. The lowest BCUT2D eigenvalue weighted by atomic mass is 9.74. The number of carbonyl (C=O) groups excluding carboxylic acids is 1. The number of amides is 1. The van der Waals surface area contributed by atoms with Crippen molar-refractivity contribution >= 4 is 24.0 Å². The van der Waals surface area contributed by atoms with Gasteiger partial charge in [-0.15, -0.1) is 0 Å². The predicted octanol–water partition coefficient (Wildman–Crippen LogP) is 2.54. The molecular weight excluding hydrogens is 369 g/mol. The lowest BCUT2D eigenvalue weighted by Crippen LogP contribution is -2.53. The largest absolute Gasteiger partial charge is 0.475 e. The highest BCUT2D eigenvalue weighted by Gasteiger charge is 2.55.